The molecule has 10 nitrogen and oxygen atoms in total. The number of ether oxygens (including phenoxy) is 2. The summed E-state index contributed by atoms with van der Waals surface area (Å²) in [4.78, 5) is 47.8. The fourth-order valence-electron chi connectivity index (χ4n) is 8.73. The summed E-state index contributed by atoms with van der Waals surface area (Å²) in [6, 6.07) is 37.0. The fourth-order valence-corrected chi connectivity index (χ4v) is 8.73. The maximum Gasteiger partial charge on any atom is 0.223 e. The minimum absolute atomic E-state index is 0.0498. The second-order valence-electron chi connectivity index (χ2n) is 15.5. The van der Waals surface area contributed by atoms with Crippen LogP contribution in [0.1, 0.15) is 73.4 Å². The number of benzene rings is 5. The summed E-state index contributed by atoms with van der Waals surface area (Å²) in [5.74, 6) is 3.63. The summed E-state index contributed by atoms with van der Waals surface area (Å²) < 4.78 is 10.7. The van der Waals surface area contributed by atoms with Gasteiger partial charge in [-0.15, -0.1) is 0 Å². The predicted molar refractivity (Wildman–Crippen MR) is 227 cm³/mol. The molecule has 2 amide bonds. The van der Waals surface area contributed by atoms with Crippen molar-refractivity contribution in [2.24, 2.45) is 0 Å². The summed E-state index contributed by atoms with van der Waals surface area (Å²) in [5.41, 5.74) is 10.3. The molecule has 2 atom stereocenters. The molecular weight excluding hydrogens is 725 g/mol. The lowest BCUT2D eigenvalue weighted by atomic mass is 10.00. The van der Waals surface area contributed by atoms with Crippen LogP contribution >= 0.6 is 0 Å². The number of aryl methyl sites for hydroxylation is 2. The third kappa shape index (κ3) is 7.66. The molecule has 0 unspecified atom stereocenters. The van der Waals surface area contributed by atoms with Gasteiger partial charge in [0.2, 0.25) is 11.8 Å². The molecule has 0 aliphatic carbocycles. The van der Waals surface area contributed by atoms with Crippen molar-refractivity contribution in [2.45, 2.75) is 63.5 Å². The number of fused-ring (bicyclic) bond motifs is 2. The molecule has 9 rings (SSSR count). The molecule has 2 aromatic heterocycles. The lowest BCUT2D eigenvalue weighted by molar-refractivity contribution is -0.133. The molecule has 2 saturated heterocycles. The molecule has 58 heavy (non-hydrogen) atoms. The number of H-pyrrole nitrogens is 2. The number of hydrogen-bond acceptors (Lipinski definition) is 6. The average Bonchev–Trinajstić information content (AvgIpc) is 4.10. The highest BCUT2D eigenvalue weighted by Gasteiger charge is 2.33. The van der Waals surface area contributed by atoms with E-state index < -0.39 is 0 Å². The van der Waals surface area contributed by atoms with Gasteiger partial charge in [-0.2, -0.15) is 0 Å². The van der Waals surface area contributed by atoms with Crippen LogP contribution in [-0.2, 0) is 22.4 Å². The molecule has 2 fully saturated rings. The van der Waals surface area contributed by atoms with Gasteiger partial charge in [-0.25, -0.2) is 9.97 Å². The maximum atomic E-state index is 13.4. The van der Waals surface area contributed by atoms with Crippen molar-refractivity contribution in [1.82, 2.24) is 29.7 Å². The normalized spacial score (nSPS) is 16.7. The lowest BCUT2D eigenvalue weighted by Gasteiger charge is -2.23. The molecule has 2 N–H and O–H groups in total. The number of aromatic nitrogens is 4. The monoisotopic (exact) mass is 772 g/mol. The molecule has 0 spiro atoms. The summed E-state index contributed by atoms with van der Waals surface area (Å²) in [6.07, 6.45) is 5.98. The largest absolute Gasteiger partial charge is 0.497 e. The van der Waals surface area contributed by atoms with Crippen molar-refractivity contribution in [3.8, 4) is 33.8 Å². The van der Waals surface area contributed by atoms with E-state index in [4.69, 9.17) is 19.4 Å². The zero-order valence-electron chi connectivity index (χ0n) is 33.0. The van der Waals surface area contributed by atoms with Gasteiger partial charge in [0, 0.05) is 25.9 Å². The SMILES string of the molecule is COc1cccc(CCC(=O)N2CCC[C@@H]2c2nc3ccc(-c4ccc(-c5ccc6nc([C@@H]7CCCN7C(=O)CCc7cccc(OC)c7)[nH]c6c5)cc4)cc3[nH]2)c1. The van der Waals surface area contributed by atoms with Gasteiger partial charge in [0.15, 0.2) is 0 Å². The first-order valence-electron chi connectivity index (χ1n) is 20.4. The first-order valence-corrected chi connectivity index (χ1v) is 20.4. The van der Waals surface area contributed by atoms with Crippen molar-refractivity contribution >= 4 is 33.9 Å². The molecular formula is C48H48N6O4. The van der Waals surface area contributed by atoms with Crippen molar-refractivity contribution in [1.29, 1.82) is 0 Å². The van der Waals surface area contributed by atoms with E-state index in [0.717, 1.165) is 117 Å². The number of amides is 2. The van der Waals surface area contributed by atoms with E-state index in [2.05, 4.69) is 70.6 Å². The molecule has 5 aromatic carbocycles. The Balaban J connectivity index is 0.858. The van der Waals surface area contributed by atoms with E-state index in [1.54, 1.807) is 14.2 Å². The summed E-state index contributed by atoms with van der Waals surface area (Å²) in [7, 11) is 3.32. The minimum atomic E-state index is -0.0498. The second kappa shape index (κ2) is 16.2. The van der Waals surface area contributed by atoms with Gasteiger partial charge in [-0.05, 0) is 120 Å². The quantitative estimate of drug-likeness (QED) is 0.128. The topological polar surface area (TPSA) is 116 Å². The summed E-state index contributed by atoms with van der Waals surface area (Å²) >= 11 is 0. The minimum Gasteiger partial charge on any atom is -0.497 e. The third-order valence-corrected chi connectivity index (χ3v) is 11.9. The Kier molecular flexibility index (Phi) is 10.4. The van der Waals surface area contributed by atoms with Crippen LogP contribution in [0.25, 0.3) is 44.3 Å². The third-order valence-electron chi connectivity index (χ3n) is 11.9. The molecule has 7 aromatic rings. The lowest BCUT2D eigenvalue weighted by Crippen LogP contribution is -2.31. The maximum absolute atomic E-state index is 13.4. The van der Waals surface area contributed by atoms with E-state index in [1.165, 1.54) is 0 Å². The van der Waals surface area contributed by atoms with Gasteiger partial charge < -0.3 is 29.2 Å². The molecule has 294 valence electrons. The number of carbonyl (C=O) groups excluding carboxylic acids is 2. The first kappa shape index (κ1) is 37.2. The summed E-state index contributed by atoms with van der Waals surface area (Å²) in [6.45, 7) is 1.49. The Hall–Kier alpha value is -6.42. The Morgan fingerprint density at radius 3 is 1.45 bits per heavy atom. The van der Waals surface area contributed by atoms with Crippen LogP contribution in [0.4, 0.5) is 0 Å². The Morgan fingerprint density at radius 2 is 1.02 bits per heavy atom. The molecule has 2 aliphatic heterocycles. The smallest absolute Gasteiger partial charge is 0.223 e. The van der Waals surface area contributed by atoms with E-state index in [9.17, 15) is 9.59 Å². The van der Waals surface area contributed by atoms with E-state index in [0.29, 0.717) is 25.7 Å². The van der Waals surface area contributed by atoms with Crippen LogP contribution < -0.4 is 9.47 Å². The van der Waals surface area contributed by atoms with Crippen molar-refractivity contribution in [3.63, 3.8) is 0 Å². The Morgan fingerprint density at radius 1 is 0.586 bits per heavy atom. The first-order chi connectivity index (χ1) is 28.4. The van der Waals surface area contributed by atoms with E-state index in [-0.39, 0.29) is 23.9 Å². The zero-order valence-corrected chi connectivity index (χ0v) is 33.0. The van der Waals surface area contributed by atoms with Crippen molar-refractivity contribution in [3.05, 3.63) is 132 Å². The zero-order chi connectivity index (χ0) is 39.6. The van der Waals surface area contributed by atoms with E-state index >= 15 is 0 Å². The number of nitrogens with zero attached hydrogens (tertiary/aromatic N) is 4. The standard InChI is InChI=1S/C48H48N6O4/c1-57-37-9-3-7-31(27-37)13-23-45(55)53-25-5-11-43(53)47-49-39-21-19-35(29-41(39)51-47)33-15-17-34(18-16-33)36-20-22-40-42(30-36)52-48(50-40)44-12-6-26-54(44)46(56)24-14-32-8-4-10-38(28-32)58-2/h3-4,7-10,15-22,27-30,43-44H,5-6,11-14,23-26H2,1-2H3,(H,49,51)(H,50,52)/t43-,44+. The number of aromatic amines is 2. The number of rotatable bonds is 12. The Labute approximate surface area is 338 Å². The second-order valence-corrected chi connectivity index (χ2v) is 15.5. The average molecular weight is 773 g/mol. The number of hydrogen-bond donors (Lipinski definition) is 2. The molecule has 0 radical (unpaired) electrons. The van der Waals surface area contributed by atoms with Crippen molar-refractivity contribution < 1.29 is 19.1 Å². The summed E-state index contributed by atoms with van der Waals surface area (Å²) in [5, 5.41) is 0. The van der Waals surface area contributed by atoms with Gasteiger partial charge in [0.1, 0.15) is 23.1 Å². The van der Waals surface area contributed by atoms with Gasteiger partial charge in [0.05, 0.1) is 48.4 Å². The van der Waals surface area contributed by atoms with Gasteiger partial charge in [-0.1, -0.05) is 60.7 Å². The number of likely N-dealkylation sites (tertiary alicyclic amines) is 2. The van der Waals surface area contributed by atoms with Gasteiger partial charge in [-0.3, -0.25) is 9.59 Å². The highest BCUT2D eigenvalue weighted by molar-refractivity contribution is 5.85. The number of imidazole rings is 2. The molecule has 2 aliphatic rings. The van der Waals surface area contributed by atoms with Crippen LogP contribution in [0.5, 0.6) is 11.5 Å². The molecule has 0 saturated carbocycles. The number of carbonyl (C=O) groups is 2. The molecule has 0 bridgehead atoms. The Bertz CT molecular complexity index is 2410. The van der Waals surface area contributed by atoms with Crippen LogP contribution in [0.2, 0.25) is 0 Å². The highest BCUT2D eigenvalue weighted by Crippen LogP contribution is 2.36. The van der Waals surface area contributed by atoms with Crippen LogP contribution in [0.15, 0.2) is 109 Å². The number of nitrogens with one attached hydrogen (secondary N) is 2. The van der Waals surface area contributed by atoms with Crippen molar-refractivity contribution in [2.75, 3.05) is 27.3 Å². The fraction of sp³-hybridized carbons (Fsp3) is 0.292. The van der Waals surface area contributed by atoms with Crippen LogP contribution in [-0.4, -0.2) is 68.9 Å². The van der Waals surface area contributed by atoms with Crippen LogP contribution in [0, 0.1) is 0 Å². The highest BCUT2D eigenvalue weighted by atomic mass is 16.5. The predicted octanol–water partition coefficient (Wildman–Crippen LogP) is 9.38. The molecule has 10 heteroatoms. The van der Waals surface area contributed by atoms with Crippen LogP contribution in [0.3, 0.4) is 0 Å². The van der Waals surface area contributed by atoms with E-state index in [1.807, 2.05) is 58.3 Å². The molecule has 4 heterocycles. The van der Waals surface area contributed by atoms with Gasteiger partial charge in [0.25, 0.3) is 0 Å². The van der Waals surface area contributed by atoms with Gasteiger partial charge >= 0.3 is 0 Å². The number of methoxy groups -OCH3 is 2.